The lowest BCUT2D eigenvalue weighted by Crippen LogP contribution is -2.44. The van der Waals surface area contributed by atoms with Crippen molar-refractivity contribution >= 4 is 34.4 Å². The van der Waals surface area contributed by atoms with E-state index in [-0.39, 0.29) is 24.0 Å². The highest BCUT2D eigenvalue weighted by Gasteiger charge is 2.24. The Hall–Kier alpha value is -3.84. The molecule has 3 aromatic rings. The lowest BCUT2D eigenvalue weighted by Gasteiger charge is -2.33. The van der Waals surface area contributed by atoms with E-state index in [0.717, 1.165) is 0 Å². The van der Waals surface area contributed by atoms with Crippen molar-refractivity contribution in [1.82, 2.24) is 30.2 Å². The zero-order chi connectivity index (χ0) is 24.9. The minimum absolute atomic E-state index is 0.0649. The number of carbonyl (C=O) groups excluding carboxylic acids is 2. The molecule has 1 aliphatic heterocycles. The Morgan fingerprint density at radius 3 is 2.66 bits per heavy atom. The molecule has 184 valence electrons. The number of amides is 3. The van der Waals surface area contributed by atoms with Crippen molar-refractivity contribution < 1.29 is 19.1 Å². The summed E-state index contributed by atoms with van der Waals surface area (Å²) in [5.74, 6) is 1.19. The van der Waals surface area contributed by atoms with Crippen LogP contribution < -0.4 is 20.3 Å². The topological polar surface area (TPSA) is 135 Å². The number of nitrogens with one attached hydrogen (secondary N) is 2. The number of thiazole rings is 1. The van der Waals surface area contributed by atoms with Gasteiger partial charge in [-0.15, -0.1) is 0 Å². The van der Waals surface area contributed by atoms with Crippen molar-refractivity contribution in [2.45, 2.75) is 13.0 Å². The maximum Gasteiger partial charge on any atom is 0.327 e. The van der Waals surface area contributed by atoms with Crippen LogP contribution in [0.1, 0.15) is 17.3 Å². The van der Waals surface area contributed by atoms with Gasteiger partial charge in [-0.25, -0.2) is 9.78 Å². The summed E-state index contributed by atoms with van der Waals surface area (Å²) in [6.07, 6.45) is 1.59. The van der Waals surface area contributed by atoms with E-state index in [4.69, 9.17) is 9.47 Å². The molecule has 1 saturated heterocycles. The monoisotopic (exact) mass is 498 g/mol. The summed E-state index contributed by atoms with van der Waals surface area (Å²) in [6, 6.07) is 6.55. The molecule has 12 nitrogen and oxygen atoms in total. The smallest absolute Gasteiger partial charge is 0.327 e. The van der Waals surface area contributed by atoms with Crippen LogP contribution in [0.2, 0.25) is 0 Å². The lowest BCUT2D eigenvalue weighted by atomic mass is 10.2. The van der Waals surface area contributed by atoms with Gasteiger partial charge in [0.05, 0.1) is 30.3 Å². The van der Waals surface area contributed by atoms with Crippen molar-refractivity contribution in [3.05, 3.63) is 36.0 Å². The summed E-state index contributed by atoms with van der Waals surface area (Å²) in [4.78, 5) is 45.9. The van der Waals surface area contributed by atoms with E-state index < -0.39 is 0 Å². The normalized spacial score (nSPS) is 15.4. The van der Waals surface area contributed by atoms with Gasteiger partial charge in [0.1, 0.15) is 5.75 Å². The minimum Gasteiger partial charge on any atom is -0.424 e. The van der Waals surface area contributed by atoms with E-state index in [2.05, 4.69) is 30.6 Å². The number of hydrogen-bond acceptors (Lipinski definition) is 10. The quantitative estimate of drug-likeness (QED) is 0.525. The zero-order valence-corrected chi connectivity index (χ0v) is 20.6. The number of aromatic nitrogens is 4. The van der Waals surface area contributed by atoms with E-state index in [1.54, 1.807) is 44.6 Å². The van der Waals surface area contributed by atoms with Crippen LogP contribution in [0.4, 0.5) is 15.9 Å². The molecular weight excluding hydrogens is 472 g/mol. The second kappa shape index (κ2) is 10.6. The second-order valence-electron chi connectivity index (χ2n) is 7.92. The highest BCUT2D eigenvalue weighted by atomic mass is 32.1. The highest BCUT2D eigenvalue weighted by molar-refractivity contribution is 7.19. The molecule has 0 aliphatic carbocycles. The van der Waals surface area contributed by atoms with Crippen LogP contribution in [0.5, 0.6) is 11.8 Å². The van der Waals surface area contributed by atoms with Crippen molar-refractivity contribution in [2.75, 3.05) is 51.1 Å². The molecule has 1 atom stereocenters. The number of hydrogen-bond donors (Lipinski definition) is 2. The van der Waals surface area contributed by atoms with Crippen molar-refractivity contribution in [1.29, 1.82) is 0 Å². The average Bonchev–Trinajstić information content (AvgIpc) is 3.32. The Kier molecular flexibility index (Phi) is 7.36. The number of urea groups is 1. The predicted molar refractivity (Wildman–Crippen MR) is 131 cm³/mol. The van der Waals surface area contributed by atoms with Gasteiger partial charge >= 0.3 is 12.0 Å². The number of carbonyl (C=O) groups is 2. The SMILES string of the molecule is CNC(=O)Nc1ncc(-c2nc(Oc3ccc(C(=O)N(C)C)cc3)nc(N3CCOC[C@@H]3C)n2)s1. The first kappa shape index (κ1) is 24.3. The molecule has 2 aromatic heterocycles. The fourth-order valence-corrected chi connectivity index (χ4v) is 4.02. The fraction of sp³-hybridized carbons (Fsp3) is 0.364. The fourth-order valence-electron chi connectivity index (χ4n) is 3.28. The number of benzene rings is 1. The van der Waals surface area contributed by atoms with E-state index >= 15 is 0 Å². The van der Waals surface area contributed by atoms with E-state index in [1.165, 1.54) is 23.3 Å². The van der Waals surface area contributed by atoms with Crippen LogP contribution in [-0.4, -0.2) is 83.7 Å². The highest BCUT2D eigenvalue weighted by Crippen LogP contribution is 2.30. The Morgan fingerprint density at radius 1 is 1.20 bits per heavy atom. The molecule has 0 bridgehead atoms. The first-order valence-corrected chi connectivity index (χ1v) is 11.7. The van der Waals surface area contributed by atoms with Crippen LogP contribution in [0.15, 0.2) is 30.5 Å². The van der Waals surface area contributed by atoms with Crippen LogP contribution in [0.3, 0.4) is 0 Å². The first-order valence-electron chi connectivity index (χ1n) is 10.9. The van der Waals surface area contributed by atoms with Crippen LogP contribution >= 0.6 is 11.3 Å². The van der Waals surface area contributed by atoms with Gasteiger partial charge in [-0.05, 0) is 31.2 Å². The third kappa shape index (κ3) is 5.81. The molecule has 4 rings (SSSR count). The number of anilines is 2. The van der Waals surface area contributed by atoms with Gasteiger partial charge in [0.15, 0.2) is 11.0 Å². The number of ether oxygens (including phenoxy) is 2. The van der Waals surface area contributed by atoms with E-state index in [9.17, 15) is 9.59 Å². The minimum atomic E-state index is -0.371. The molecule has 3 amide bonds. The average molecular weight is 499 g/mol. The summed E-state index contributed by atoms with van der Waals surface area (Å²) in [5.41, 5.74) is 0.544. The van der Waals surface area contributed by atoms with Gasteiger partial charge in [0.2, 0.25) is 5.95 Å². The number of morpholine rings is 1. The van der Waals surface area contributed by atoms with Gasteiger partial charge in [-0.2, -0.15) is 15.0 Å². The summed E-state index contributed by atoms with van der Waals surface area (Å²) in [6.45, 7) is 3.77. The Labute approximate surface area is 206 Å². The van der Waals surface area contributed by atoms with Crippen LogP contribution in [0, 0.1) is 0 Å². The van der Waals surface area contributed by atoms with E-state index in [0.29, 0.717) is 52.9 Å². The molecule has 1 aromatic carbocycles. The molecule has 1 aliphatic rings. The molecular formula is C22H26N8O4S. The lowest BCUT2D eigenvalue weighted by molar-refractivity contribution is 0.0827. The molecule has 0 spiro atoms. The number of rotatable bonds is 6. The standard InChI is InChI=1S/C22H26N8O4S/c1-13-12-33-10-9-30(13)19-25-17(16-11-24-22(35-16)28-20(32)23-2)26-21(27-19)34-15-7-5-14(6-8-15)18(31)29(3)4/h5-8,11,13H,9-10,12H2,1-4H3,(H2,23,24,28,32)/t13-/m0/s1. The summed E-state index contributed by atoms with van der Waals surface area (Å²) in [7, 11) is 4.92. The molecule has 13 heteroatoms. The molecule has 0 saturated carbocycles. The van der Waals surface area contributed by atoms with Crippen molar-refractivity contribution in [3.63, 3.8) is 0 Å². The third-order valence-electron chi connectivity index (χ3n) is 5.12. The summed E-state index contributed by atoms with van der Waals surface area (Å²) < 4.78 is 11.5. The van der Waals surface area contributed by atoms with Crippen molar-refractivity contribution in [2.24, 2.45) is 0 Å². The Bertz CT molecular complexity index is 1200. The summed E-state index contributed by atoms with van der Waals surface area (Å²) in [5, 5.41) is 5.53. The van der Waals surface area contributed by atoms with Gasteiger partial charge in [0.25, 0.3) is 5.91 Å². The van der Waals surface area contributed by atoms with Gasteiger partial charge in [0, 0.05) is 33.3 Å². The largest absolute Gasteiger partial charge is 0.424 e. The van der Waals surface area contributed by atoms with Gasteiger partial charge in [-0.3, -0.25) is 10.1 Å². The summed E-state index contributed by atoms with van der Waals surface area (Å²) >= 11 is 1.23. The van der Waals surface area contributed by atoms with Gasteiger partial charge < -0.3 is 24.6 Å². The van der Waals surface area contributed by atoms with Gasteiger partial charge in [-0.1, -0.05) is 11.3 Å². The first-order chi connectivity index (χ1) is 16.8. The molecule has 3 heterocycles. The maximum atomic E-state index is 12.2. The zero-order valence-electron chi connectivity index (χ0n) is 19.8. The van der Waals surface area contributed by atoms with Crippen molar-refractivity contribution in [3.8, 4) is 22.5 Å². The molecule has 1 fully saturated rings. The van der Waals surface area contributed by atoms with Crippen LogP contribution in [-0.2, 0) is 4.74 Å². The molecule has 0 unspecified atom stereocenters. The molecule has 0 radical (unpaired) electrons. The van der Waals surface area contributed by atoms with Crippen LogP contribution in [0.25, 0.3) is 10.7 Å². The molecule has 2 N–H and O–H groups in total. The molecule has 35 heavy (non-hydrogen) atoms. The number of nitrogens with zero attached hydrogens (tertiary/aromatic N) is 6. The van der Waals surface area contributed by atoms with E-state index in [1.807, 2.05) is 11.8 Å². The third-order valence-corrected chi connectivity index (χ3v) is 6.03. The maximum absolute atomic E-state index is 12.2. The Morgan fingerprint density at radius 2 is 1.97 bits per heavy atom. The predicted octanol–water partition coefficient (Wildman–Crippen LogP) is 2.47. The Balaban J connectivity index is 1.65. The second-order valence-corrected chi connectivity index (χ2v) is 8.95.